The molecule has 1 aliphatic carbocycles. The summed E-state index contributed by atoms with van der Waals surface area (Å²) in [6.07, 6.45) is 2.36. The molecule has 2 aromatic rings. The molecule has 0 aliphatic heterocycles. The molecule has 1 fully saturated rings. The lowest BCUT2D eigenvalue weighted by molar-refractivity contribution is -0.131. The van der Waals surface area contributed by atoms with E-state index in [9.17, 15) is 14.0 Å². The highest BCUT2D eigenvalue weighted by molar-refractivity contribution is 5.97. The third kappa shape index (κ3) is 3.87. The fourth-order valence-corrected chi connectivity index (χ4v) is 3.84. The average molecular weight is 368 g/mol. The van der Waals surface area contributed by atoms with Gasteiger partial charge in [-0.25, -0.2) is 4.39 Å². The lowest BCUT2D eigenvalue weighted by atomic mass is 9.64. The molecule has 2 amide bonds. The molecule has 3 rings (SSSR count). The van der Waals surface area contributed by atoms with Crippen LogP contribution in [0.1, 0.15) is 41.5 Å². The molecular formula is C22H25FN2O2. The van der Waals surface area contributed by atoms with Crippen LogP contribution in [0.15, 0.2) is 36.4 Å². The SMILES string of the molecule is Cc1cc(C)c(NC(=O)CNC(=O)C2(c3ccc(F)cc3)CCC2)c(C)c1. The number of nitrogens with one attached hydrogen (secondary N) is 2. The van der Waals surface area contributed by atoms with Crippen molar-refractivity contribution in [2.45, 2.75) is 45.4 Å². The number of anilines is 1. The van der Waals surface area contributed by atoms with Crippen LogP contribution in [-0.2, 0) is 15.0 Å². The van der Waals surface area contributed by atoms with Gasteiger partial charge in [0.1, 0.15) is 5.82 Å². The molecule has 1 aliphatic rings. The van der Waals surface area contributed by atoms with E-state index in [-0.39, 0.29) is 24.2 Å². The van der Waals surface area contributed by atoms with Gasteiger partial charge in [-0.3, -0.25) is 9.59 Å². The van der Waals surface area contributed by atoms with E-state index in [2.05, 4.69) is 10.6 Å². The fraction of sp³-hybridized carbons (Fsp3) is 0.364. The van der Waals surface area contributed by atoms with E-state index in [4.69, 9.17) is 0 Å². The number of hydrogen-bond acceptors (Lipinski definition) is 2. The minimum Gasteiger partial charge on any atom is -0.346 e. The van der Waals surface area contributed by atoms with Crippen molar-refractivity contribution in [3.05, 3.63) is 64.5 Å². The van der Waals surface area contributed by atoms with Crippen LogP contribution in [0.5, 0.6) is 0 Å². The quantitative estimate of drug-likeness (QED) is 0.840. The first-order chi connectivity index (χ1) is 12.8. The van der Waals surface area contributed by atoms with Crippen molar-refractivity contribution in [2.24, 2.45) is 0 Å². The Hall–Kier alpha value is -2.69. The summed E-state index contributed by atoms with van der Waals surface area (Å²) in [4.78, 5) is 25.1. The fourth-order valence-electron chi connectivity index (χ4n) is 3.84. The Kier molecular flexibility index (Phi) is 5.31. The van der Waals surface area contributed by atoms with Gasteiger partial charge in [0.15, 0.2) is 0 Å². The Morgan fingerprint density at radius 3 is 2.15 bits per heavy atom. The lowest BCUT2D eigenvalue weighted by Crippen LogP contribution is -2.50. The van der Waals surface area contributed by atoms with Gasteiger partial charge in [-0.1, -0.05) is 36.2 Å². The van der Waals surface area contributed by atoms with Gasteiger partial charge in [0.25, 0.3) is 0 Å². The highest BCUT2D eigenvalue weighted by atomic mass is 19.1. The Bertz CT molecular complexity index is 847. The monoisotopic (exact) mass is 368 g/mol. The maximum atomic E-state index is 13.2. The van der Waals surface area contributed by atoms with Gasteiger partial charge in [0, 0.05) is 5.69 Å². The number of amides is 2. The van der Waals surface area contributed by atoms with E-state index in [0.717, 1.165) is 34.4 Å². The molecule has 0 heterocycles. The van der Waals surface area contributed by atoms with Crippen molar-refractivity contribution >= 4 is 17.5 Å². The third-order valence-corrected chi connectivity index (χ3v) is 5.39. The molecule has 0 saturated heterocycles. The number of hydrogen-bond donors (Lipinski definition) is 2. The summed E-state index contributed by atoms with van der Waals surface area (Å²) in [6, 6.07) is 10.1. The van der Waals surface area contributed by atoms with Crippen LogP contribution in [0.4, 0.5) is 10.1 Å². The first-order valence-electron chi connectivity index (χ1n) is 9.24. The van der Waals surface area contributed by atoms with Crippen molar-refractivity contribution < 1.29 is 14.0 Å². The number of carbonyl (C=O) groups excluding carboxylic acids is 2. The van der Waals surface area contributed by atoms with Crippen LogP contribution in [0.25, 0.3) is 0 Å². The predicted molar refractivity (Wildman–Crippen MR) is 104 cm³/mol. The highest BCUT2D eigenvalue weighted by Gasteiger charge is 2.45. The molecular weight excluding hydrogens is 343 g/mol. The molecule has 27 heavy (non-hydrogen) atoms. The van der Waals surface area contributed by atoms with E-state index in [0.29, 0.717) is 12.8 Å². The first kappa shape index (κ1) is 19.1. The van der Waals surface area contributed by atoms with Crippen molar-refractivity contribution in [2.75, 3.05) is 11.9 Å². The van der Waals surface area contributed by atoms with Crippen LogP contribution < -0.4 is 10.6 Å². The number of rotatable bonds is 5. The van der Waals surface area contributed by atoms with E-state index >= 15 is 0 Å². The van der Waals surface area contributed by atoms with Crippen LogP contribution in [0, 0.1) is 26.6 Å². The number of benzene rings is 2. The zero-order valence-corrected chi connectivity index (χ0v) is 16.0. The average Bonchev–Trinajstić information content (AvgIpc) is 2.57. The molecule has 0 radical (unpaired) electrons. The predicted octanol–water partition coefficient (Wildman–Crippen LogP) is 3.93. The Morgan fingerprint density at radius 1 is 1.04 bits per heavy atom. The summed E-state index contributed by atoms with van der Waals surface area (Å²) in [5.41, 5.74) is 4.07. The van der Waals surface area contributed by atoms with Crippen molar-refractivity contribution in [3.63, 3.8) is 0 Å². The van der Waals surface area contributed by atoms with Gasteiger partial charge in [0.05, 0.1) is 12.0 Å². The minimum atomic E-state index is -0.649. The third-order valence-electron chi connectivity index (χ3n) is 5.39. The minimum absolute atomic E-state index is 0.0888. The summed E-state index contributed by atoms with van der Waals surface area (Å²) in [5.74, 6) is -0.753. The lowest BCUT2D eigenvalue weighted by Gasteiger charge is -2.40. The zero-order valence-electron chi connectivity index (χ0n) is 16.0. The zero-order chi connectivity index (χ0) is 19.6. The summed E-state index contributed by atoms with van der Waals surface area (Å²) in [5, 5.41) is 5.66. The summed E-state index contributed by atoms with van der Waals surface area (Å²) >= 11 is 0. The second kappa shape index (κ2) is 7.51. The summed E-state index contributed by atoms with van der Waals surface area (Å²) in [7, 11) is 0. The topological polar surface area (TPSA) is 58.2 Å². The van der Waals surface area contributed by atoms with Crippen LogP contribution in [0.3, 0.4) is 0 Å². The Morgan fingerprint density at radius 2 is 1.63 bits per heavy atom. The molecule has 2 aromatic carbocycles. The van der Waals surface area contributed by atoms with E-state index in [1.807, 2.05) is 32.9 Å². The number of aryl methyl sites for hydroxylation is 3. The molecule has 1 saturated carbocycles. The van der Waals surface area contributed by atoms with Gasteiger partial charge < -0.3 is 10.6 Å². The van der Waals surface area contributed by atoms with Crippen LogP contribution >= 0.6 is 0 Å². The number of halogens is 1. The molecule has 0 spiro atoms. The van der Waals surface area contributed by atoms with Crippen LogP contribution in [0.2, 0.25) is 0 Å². The maximum Gasteiger partial charge on any atom is 0.243 e. The standard InChI is InChI=1S/C22H25FN2O2/c1-14-11-15(2)20(16(3)12-14)25-19(26)13-24-21(27)22(9-4-10-22)17-5-7-18(23)8-6-17/h5-8,11-12H,4,9-10,13H2,1-3H3,(H,24,27)(H,25,26). The smallest absolute Gasteiger partial charge is 0.243 e. The van der Waals surface area contributed by atoms with Gasteiger partial charge >= 0.3 is 0 Å². The molecule has 2 N–H and O–H groups in total. The van der Waals surface area contributed by atoms with Crippen molar-refractivity contribution in [1.29, 1.82) is 0 Å². The van der Waals surface area contributed by atoms with Gasteiger partial charge in [-0.2, -0.15) is 0 Å². The van der Waals surface area contributed by atoms with Gasteiger partial charge in [-0.15, -0.1) is 0 Å². The summed E-state index contributed by atoms with van der Waals surface area (Å²) < 4.78 is 13.2. The normalized spacial score (nSPS) is 15.0. The van der Waals surface area contributed by atoms with Crippen LogP contribution in [-0.4, -0.2) is 18.4 Å². The Labute approximate surface area is 159 Å². The second-order valence-electron chi connectivity index (χ2n) is 7.45. The molecule has 0 aromatic heterocycles. The number of carbonyl (C=O) groups is 2. The van der Waals surface area contributed by atoms with Gasteiger partial charge in [-0.05, 0) is 62.4 Å². The molecule has 0 atom stereocenters. The van der Waals surface area contributed by atoms with Crippen molar-refractivity contribution in [3.8, 4) is 0 Å². The molecule has 142 valence electrons. The van der Waals surface area contributed by atoms with E-state index in [1.54, 1.807) is 12.1 Å². The van der Waals surface area contributed by atoms with E-state index < -0.39 is 5.41 Å². The second-order valence-corrected chi connectivity index (χ2v) is 7.45. The molecule has 4 nitrogen and oxygen atoms in total. The Balaban J connectivity index is 1.65. The maximum absolute atomic E-state index is 13.2. The highest BCUT2D eigenvalue weighted by Crippen LogP contribution is 2.43. The molecule has 0 unspecified atom stereocenters. The van der Waals surface area contributed by atoms with Gasteiger partial charge in [0.2, 0.25) is 11.8 Å². The molecule has 0 bridgehead atoms. The first-order valence-corrected chi connectivity index (χ1v) is 9.24. The largest absolute Gasteiger partial charge is 0.346 e. The molecule has 5 heteroatoms. The summed E-state index contributed by atoms with van der Waals surface area (Å²) in [6.45, 7) is 5.83. The van der Waals surface area contributed by atoms with E-state index in [1.165, 1.54) is 12.1 Å². The van der Waals surface area contributed by atoms with Crippen molar-refractivity contribution in [1.82, 2.24) is 5.32 Å².